The number of fused-ring (bicyclic) bond motifs is 1. The lowest BCUT2D eigenvalue weighted by Gasteiger charge is -2.06. The van der Waals surface area contributed by atoms with E-state index in [9.17, 15) is 9.59 Å². The van der Waals surface area contributed by atoms with Gasteiger partial charge in [0.25, 0.3) is 5.91 Å². The largest absolute Gasteiger partial charge is 0.464 e. The van der Waals surface area contributed by atoms with Gasteiger partial charge in [-0.2, -0.15) is 0 Å². The van der Waals surface area contributed by atoms with Gasteiger partial charge < -0.3 is 15.2 Å². The molecule has 0 spiro atoms. The number of aliphatic hydroxyl groups is 1. The molecule has 0 saturated carbocycles. The number of anilines is 1. The fourth-order valence-corrected chi connectivity index (χ4v) is 2.11. The summed E-state index contributed by atoms with van der Waals surface area (Å²) in [6.45, 7) is 0. The summed E-state index contributed by atoms with van der Waals surface area (Å²) < 4.78 is 4.59. The molecule has 2 heterocycles. The summed E-state index contributed by atoms with van der Waals surface area (Å²) in [5, 5.41) is 10.6. The Balaban J connectivity index is 0.00000109. The van der Waals surface area contributed by atoms with Crippen LogP contribution in [0.25, 0.3) is 10.9 Å². The summed E-state index contributed by atoms with van der Waals surface area (Å²) in [6, 6.07) is 14.0. The quantitative estimate of drug-likeness (QED) is 0.710. The molecule has 0 fully saturated rings. The third kappa shape index (κ3) is 4.36. The predicted molar refractivity (Wildman–Crippen MR) is 93.4 cm³/mol. The van der Waals surface area contributed by atoms with Crippen molar-refractivity contribution in [3.8, 4) is 0 Å². The number of hydrogen-bond donors (Lipinski definition) is 2. The van der Waals surface area contributed by atoms with Crippen molar-refractivity contribution in [2.45, 2.75) is 0 Å². The minimum absolute atomic E-state index is 0.0804. The van der Waals surface area contributed by atoms with E-state index in [1.807, 2.05) is 30.3 Å². The van der Waals surface area contributed by atoms with Gasteiger partial charge in [0.1, 0.15) is 11.4 Å². The van der Waals surface area contributed by atoms with Gasteiger partial charge in [-0.1, -0.05) is 24.3 Å². The zero-order valence-electron chi connectivity index (χ0n) is 13.8. The van der Waals surface area contributed by atoms with E-state index in [1.54, 1.807) is 12.3 Å². The van der Waals surface area contributed by atoms with Crippen LogP contribution < -0.4 is 5.32 Å². The summed E-state index contributed by atoms with van der Waals surface area (Å²) in [6.07, 6.45) is 1.57. The van der Waals surface area contributed by atoms with Crippen LogP contribution in [0, 0.1) is 0 Å². The molecule has 0 radical (unpaired) electrons. The lowest BCUT2D eigenvalue weighted by molar-refractivity contribution is 0.0594. The van der Waals surface area contributed by atoms with Gasteiger partial charge in [0.2, 0.25) is 0 Å². The van der Waals surface area contributed by atoms with Crippen LogP contribution in [0.2, 0.25) is 0 Å². The molecule has 0 saturated heterocycles. The van der Waals surface area contributed by atoms with Crippen LogP contribution in [0.3, 0.4) is 0 Å². The molecule has 2 aromatic heterocycles. The minimum Gasteiger partial charge on any atom is -0.464 e. The Morgan fingerprint density at radius 1 is 1.04 bits per heavy atom. The fourth-order valence-electron chi connectivity index (χ4n) is 2.11. The topological polar surface area (TPSA) is 101 Å². The molecule has 0 aliphatic heterocycles. The first-order valence-corrected chi connectivity index (χ1v) is 7.33. The first-order chi connectivity index (χ1) is 12.2. The van der Waals surface area contributed by atoms with E-state index in [4.69, 9.17) is 5.11 Å². The van der Waals surface area contributed by atoms with E-state index >= 15 is 0 Å². The van der Waals surface area contributed by atoms with Crippen molar-refractivity contribution >= 4 is 28.5 Å². The van der Waals surface area contributed by atoms with Gasteiger partial charge in [0.15, 0.2) is 0 Å². The molecule has 7 heteroatoms. The Hall–Kier alpha value is -3.32. The Morgan fingerprint density at radius 2 is 1.76 bits per heavy atom. The van der Waals surface area contributed by atoms with Gasteiger partial charge >= 0.3 is 5.97 Å². The molecule has 1 amide bonds. The number of aromatic nitrogens is 2. The first-order valence-electron chi connectivity index (χ1n) is 7.33. The van der Waals surface area contributed by atoms with Crippen LogP contribution in [0.5, 0.6) is 0 Å². The molecule has 3 rings (SSSR count). The Kier molecular flexibility index (Phi) is 6.14. The van der Waals surface area contributed by atoms with Crippen molar-refractivity contribution in [3.63, 3.8) is 0 Å². The Bertz CT molecular complexity index is 896. The van der Waals surface area contributed by atoms with Crippen LogP contribution in [0.15, 0.2) is 54.7 Å². The summed E-state index contributed by atoms with van der Waals surface area (Å²) in [5.74, 6) is -1.01. The molecule has 2 N–H and O–H groups in total. The van der Waals surface area contributed by atoms with Crippen molar-refractivity contribution in [2.75, 3.05) is 19.5 Å². The standard InChI is InChI=1S/C17H13N3O3.CH4O/c1-23-17(22)15-8-4-7-14(20-15)16(21)19-12-9-11-5-2-3-6-13(11)18-10-12;1-2/h2-10H,1H3,(H,19,21);2H,1H3. The number of nitrogens with zero attached hydrogens (tertiary/aromatic N) is 2. The number of ether oxygens (including phenoxy) is 1. The van der Waals surface area contributed by atoms with E-state index in [0.717, 1.165) is 18.0 Å². The average Bonchev–Trinajstić information content (AvgIpc) is 2.69. The predicted octanol–water partition coefficient (Wildman–Crippen LogP) is 2.28. The number of amides is 1. The Morgan fingerprint density at radius 3 is 2.52 bits per heavy atom. The maximum absolute atomic E-state index is 12.3. The SMILES string of the molecule is CO.COC(=O)c1cccc(C(=O)Nc2cnc3ccccc3c2)n1. The number of benzene rings is 1. The molecule has 0 bridgehead atoms. The van der Waals surface area contributed by atoms with Gasteiger partial charge in [0, 0.05) is 12.5 Å². The van der Waals surface area contributed by atoms with Crippen LogP contribution in [0.1, 0.15) is 21.0 Å². The second-order valence-corrected chi connectivity index (χ2v) is 4.77. The molecular weight excluding hydrogens is 322 g/mol. The van der Waals surface area contributed by atoms with Gasteiger partial charge in [-0.25, -0.2) is 9.78 Å². The molecule has 7 nitrogen and oxygen atoms in total. The number of carbonyl (C=O) groups is 2. The van der Waals surface area contributed by atoms with Crippen molar-refractivity contribution < 1.29 is 19.4 Å². The van der Waals surface area contributed by atoms with Crippen molar-refractivity contribution in [1.29, 1.82) is 0 Å². The minimum atomic E-state index is -0.591. The molecule has 25 heavy (non-hydrogen) atoms. The van der Waals surface area contributed by atoms with Gasteiger partial charge in [-0.3, -0.25) is 9.78 Å². The number of para-hydroxylation sites is 1. The lowest BCUT2D eigenvalue weighted by atomic mass is 10.2. The number of nitrogens with one attached hydrogen (secondary N) is 1. The molecule has 128 valence electrons. The molecule has 0 unspecified atom stereocenters. The van der Waals surface area contributed by atoms with E-state index in [1.165, 1.54) is 19.2 Å². The Labute approximate surface area is 144 Å². The van der Waals surface area contributed by atoms with E-state index in [0.29, 0.717) is 5.69 Å². The summed E-state index contributed by atoms with van der Waals surface area (Å²) >= 11 is 0. The zero-order valence-corrected chi connectivity index (χ0v) is 13.8. The number of rotatable bonds is 3. The molecule has 0 atom stereocenters. The fraction of sp³-hybridized carbons (Fsp3) is 0.111. The highest BCUT2D eigenvalue weighted by Gasteiger charge is 2.13. The molecule has 0 aliphatic carbocycles. The van der Waals surface area contributed by atoms with Crippen molar-refractivity contribution in [2.24, 2.45) is 0 Å². The maximum atomic E-state index is 12.3. The smallest absolute Gasteiger partial charge is 0.356 e. The van der Waals surface area contributed by atoms with Crippen molar-refractivity contribution in [1.82, 2.24) is 9.97 Å². The van der Waals surface area contributed by atoms with Crippen LogP contribution >= 0.6 is 0 Å². The third-order valence-corrected chi connectivity index (χ3v) is 3.22. The molecular formula is C18H17N3O4. The summed E-state index contributed by atoms with van der Waals surface area (Å²) in [7, 11) is 2.26. The highest BCUT2D eigenvalue weighted by molar-refractivity contribution is 6.04. The average molecular weight is 339 g/mol. The number of aliphatic hydroxyl groups excluding tert-OH is 1. The van der Waals surface area contributed by atoms with Crippen LogP contribution in [0.4, 0.5) is 5.69 Å². The highest BCUT2D eigenvalue weighted by Crippen LogP contribution is 2.16. The number of methoxy groups -OCH3 is 1. The van der Waals surface area contributed by atoms with E-state index in [2.05, 4.69) is 20.0 Å². The van der Waals surface area contributed by atoms with Gasteiger partial charge in [-0.15, -0.1) is 0 Å². The van der Waals surface area contributed by atoms with Gasteiger partial charge in [0.05, 0.1) is 24.5 Å². The van der Waals surface area contributed by atoms with Crippen LogP contribution in [-0.4, -0.2) is 41.2 Å². The molecule has 3 aromatic rings. The lowest BCUT2D eigenvalue weighted by Crippen LogP contribution is -2.16. The number of pyridine rings is 2. The van der Waals surface area contributed by atoms with Gasteiger partial charge in [-0.05, 0) is 24.3 Å². The van der Waals surface area contributed by atoms with E-state index in [-0.39, 0.29) is 11.4 Å². The molecule has 0 aliphatic rings. The maximum Gasteiger partial charge on any atom is 0.356 e. The second-order valence-electron chi connectivity index (χ2n) is 4.77. The number of carbonyl (C=O) groups excluding carboxylic acids is 2. The van der Waals surface area contributed by atoms with Crippen LogP contribution in [-0.2, 0) is 4.74 Å². The summed E-state index contributed by atoms with van der Waals surface area (Å²) in [4.78, 5) is 32.0. The third-order valence-electron chi connectivity index (χ3n) is 3.22. The van der Waals surface area contributed by atoms with E-state index < -0.39 is 11.9 Å². The highest BCUT2D eigenvalue weighted by atomic mass is 16.5. The monoisotopic (exact) mass is 339 g/mol. The number of esters is 1. The molecule has 1 aromatic carbocycles. The summed E-state index contributed by atoms with van der Waals surface area (Å²) in [5.41, 5.74) is 1.60. The second kappa shape index (κ2) is 8.51. The zero-order chi connectivity index (χ0) is 18.2. The first kappa shape index (κ1) is 18.0. The normalized spacial score (nSPS) is 9.72. The van der Waals surface area contributed by atoms with Crippen molar-refractivity contribution in [3.05, 3.63) is 66.1 Å². The number of hydrogen-bond acceptors (Lipinski definition) is 6.